The van der Waals surface area contributed by atoms with Crippen molar-refractivity contribution in [3.63, 3.8) is 0 Å². The summed E-state index contributed by atoms with van der Waals surface area (Å²) in [7, 11) is -2.12. The van der Waals surface area contributed by atoms with Gasteiger partial charge in [0, 0.05) is 30.4 Å². The first-order valence-corrected chi connectivity index (χ1v) is 14.1. The molecule has 2 aromatic heterocycles. The van der Waals surface area contributed by atoms with Crippen LogP contribution in [0.15, 0.2) is 53.6 Å². The van der Waals surface area contributed by atoms with Crippen LogP contribution in [0, 0.1) is 13.8 Å². The minimum Gasteiger partial charge on any atom is -0.494 e. The average molecular weight is 549 g/mol. The van der Waals surface area contributed by atoms with E-state index in [1.807, 2.05) is 42.8 Å². The number of hydrogen-bond donors (Lipinski definition) is 4. The number of aryl methyl sites for hydroxylation is 2. The number of benzene rings is 2. The molecule has 4 N–H and O–H groups in total. The maximum atomic E-state index is 13.0. The fourth-order valence-electron chi connectivity index (χ4n) is 4.57. The van der Waals surface area contributed by atoms with Gasteiger partial charge in [0.25, 0.3) is 0 Å². The summed E-state index contributed by atoms with van der Waals surface area (Å²) in [5.74, 6) is 3.05. The number of ether oxygens (including phenoxy) is 1. The van der Waals surface area contributed by atoms with E-state index in [4.69, 9.17) is 9.72 Å². The summed E-state index contributed by atoms with van der Waals surface area (Å²) in [4.78, 5) is 14.0. The highest BCUT2D eigenvalue weighted by atomic mass is 32.2. The third-order valence-corrected chi connectivity index (χ3v) is 7.92. The molecule has 3 heterocycles. The second kappa shape index (κ2) is 10.5. The van der Waals surface area contributed by atoms with Crippen molar-refractivity contribution in [3.8, 4) is 11.4 Å². The van der Waals surface area contributed by atoms with E-state index in [2.05, 4.69) is 30.6 Å². The van der Waals surface area contributed by atoms with Crippen LogP contribution in [0.4, 0.5) is 29.0 Å². The molecule has 0 saturated heterocycles. The number of sulfonamides is 1. The lowest BCUT2D eigenvalue weighted by Crippen LogP contribution is -2.30. The first-order chi connectivity index (χ1) is 18.6. The molecule has 0 amide bonds. The number of rotatable bonds is 9. The molecule has 0 saturated carbocycles. The molecule has 5 rings (SSSR count). The number of fused-ring (bicyclic) bond motifs is 1. The van der Waals surface area contributed by atoms with Crippen LogP contribution in [0.1, 0.15) is 30.9 Å². The van der Waals surface area contributed by atoms with Crippen molar-refractivity contribution in [1.29, 1.82) is 0 Å². The van der Waals surface area contributed by atoms with Gasteiger partial charge in [-0.3, -0.25) is 0 Å². The lowest BCUT2D eigenvalue weighted by atomic mass is 10.2. The summed E-state index contributed by atoms with van der Waals surface area (Å²) >= 11 is 0. The van der Waals surface area contributed by atoms with Gasteiger partial charge >= 0.3 is 0 Å². The molecule has 0 radical (unpaired) electrons. The minimum atomic E-state index is -3.73. The molecular formula is C27H32N8O3S. The summed E-state index contributed by atoms with van der Waals surface area (Å²) in [5, 5.41) is 9.81. The number of aromatic nitrogens is 4. The third kappa shape index (κ3) is 5.52. The van der Waals surface area contributed by atoms with Gasteiger partial charge in [0.15, 0.2) is 0 Å². The molecule has 1 aliphatic rings. The Balaban J connectivity index is 1.48. The highest BCUT2D eigenvalue weighted by molar-refractivity contribution is 7.89. The van der Waals surface area contributed by atoms with Crippen molar-refractivity contribution >= 4 is 39.0 Å². The second-order valence-electron chi connectivity index (χ2n) is 9.61. The predicted octanol–water partition coefficient (Wildman–Crippen LogP) is 4.43. The van der Waals surface area contributed by atoms with Crippen molar-refractivity contribution in [3.05, 3.63) is 65.7 Å². The Hall–Kier alpha value is -4.16. The predicted molar refractivity (Wildman–Crippen MR) is 152 cm³/mol. The van der Waals surface area contributed by atoms with E-state index in [1.54, 1.807) is 45.2 Å². The Labute approximate surface area is 228 Å². The normalized spacial score (nSPS) is 12.8. The Morgan fingerprint density at radius 1 is 1.03 bits per heavy atom. The molecule has 11 nitrogen and oxygen atoms in total. The number of imidazole rings is 1. The average Bonchev–Trinajstić information content (AvgIpc) is 3.49. The Kier molecular flexibility index (Phi) is 7.15. The topological polar surface area (TPSA) is 135 Å². The number of nitrogens with zero attached hydrogens (tertiary/aromatic N) is 4. The molecule has 2 aromatic carbocycles. The van der Waals surface area contributed by atoms with Crippen molar-refractivity contribution in [2.75, 3.05) is 29.6 Å². The van der Waals surface area contributed by atoms with Gasteiger partial charge in [0.2, 0.25) is 16.0 Å². The zero-order chi connectivity index (χ0) is 27.7. The molecule has 204 valence electrons. The van der Waals surface area contributed by atoms with Crippen LogP contribution < -0.4 is 25.4 Å². The number of methoxy groups -OCH3 is 1. The minimum absolute atomic E-state index is 0.147. The number of para-hydroxylation sites is 1. The van der Waals surface area contributed by atoms with Crippen LogP contribution in [0.2, 0.25) is 0 Å². The SMILES string of the molecule is COc1cc(-n2cc(C)nc2C)ccc1Nc1nc2c(c(Nc3ccccc3S(=O)(=O)NC(C)C)n1)CCN2. The van der Waals surface area contributed by atoms with Gasteiger partial charge in [-0.15, -0.1) is 0 Å². The summed E-state index contributed by atoms with van der Waals surface area (Å²) < 4.78 is 36.3. The van der Waals surface area contributed by atoms with Crippen LogP contribution in [-0.4, -0.2) is 47.6 Å². The highest BCUT2D eigenvalue weighted by Crippen LogP contribution is 2.35. The lowest BCUT2D eigenvalue weighted by Gasteiger charge is -2.17. The summed E-state index contributed by atoms with van der Waals surface area (Å²) in [6.07, 6.45) is 2.68. The molecular weight excluding hydrogens is 516 g/mol. The largest absolute Gasteiger partial charge is 0.494 e. The van der Waals surface area contributed by atoms with E-state index in [-0.39, 0.29) is 10.9 Å². The van der Waals surface area contributed by atoms with Crippen molar-refractivity contribution < 1.29 is 13.2 Å². The van der Waals surface area contributed by atoms with E-state index in [0.717, 1.165) is 22.8 Å². The maximum absolute atomic E-state index is 13.0. The van der Waals surface area contributed by atoms with Crippen LogP contribution >= 0.6 is 0 Å². The van der Waals surface area contributed by atoms with Crippen molar-refractivity contribution in [1.82, 2.24) is 24.2 Å². The number of anilines is 5. The molecule has 0 atom stereocenters. The summed E-state index contributed by atoms with van der Waals surface area (Å²) in [6.45, 7) is 8.18. The molecule has 39 heavy (non-hydrogen) atoms. The van der Waals surface area contributed by atoms with Crippen LogP contribution in [-0.2, 0) is 16.4 Å². The third-order valence-electron chi connectivity index (χ3n) is 6.21. The Morgan fingerprint density at radius 2 is 1.82 bits per heavy atom. The number of nitrogens with one attached hydrogen (secondary N) is 4. The fourth-order valence-corrected chi connectivity index (χ4v) is 5.98. The second-order valence-corrected chi connectivity index (χ2v) is 11.3. The smallest absolute Gasteiger partial charge is 0.242 e. The maximum Gasteiger partial charge on any atom is 0.242 e. The van der Waals surface area contributed by atoms with Gasteiger partial charge in [-0.05, 0) is 58.4 Å². The van der Waals surface area contributed by atoms with Crippen molar-refractivity contribution in [2.24, 2.45) is 0 Å². The van der Waals surface area contributed by atoms with Gasteiger partial charge in [-0.25, -0.2) is 18.1 Å². The fraction of sp³-hybridized carbons (Fsp3) is 0.296. The lowest BCUT2D eigenvalue weighted by molar-refractivity contribution is 0.416. The first kappa shape index (κ1) is 26.4. The monoisotopic (exact) mass is 548 g/mol. The van der Waals surface area contributed by atoms with Crippen LogP contribution in [0.5, 0.6) is 5.75 Å². The zero-order valence-corrected chi connectivity index (χ0v) is 23.3. The summed E-state index contributed by atoms with van der Waals surface area (Å²) in [5.41, 5.74) is 3.85. The molecule has 0 bridgehead atoms. The zero-order valence-electron chi connectivity index (χ0n) is 22.5. The molecule has 0 aliphatic carbocycles. The van der Waals surface area contributed by atoms with Gasteiger partial charge < -0.3 is 25.3 Å². The molecule has 0 unspecified atom stereocenters. The van der Waals surface area contributed by atoms with E-state index in [0.29, 0.717) is 47.7 Å². The van der Waals surface area contributed by atoms with Gasteiger partial charge in [-0.1, -0.05) is 12.1 Å². The van der Waals surface area contributed by atoms with E-state index >= 15 is 0 Å². The van der Waals surface area contributed by atoms with Crippen LogP contribution in [0.3, 0.4) is 0 Å². The van der Waals surface area contributed by atoms with Gasteiger partial charge in [-0.2, -0.15) is 9.97 Å². The Bertz CT molecular complexity index is 1630. The van der Waals surface area contributed by atoms with Gasteiger partial charge in [0.1, 0.15) is 28.1 Å². The standard InChI is InChI=1S/C27H32N8O3S/c1-16(2)34-39(36,37)24-9-7-6-8-22(24)30-26-20-12-13-28-25(20)32-27(33-26)31-21-11-10-19(14-23(21)38-5)35-15-17(3)29-18(35)4/h6-11,14-16,34H,12-13H2,1-5H3,(H3,28,30,31,32,33). The molecule has 12 heteroatoms. The Morgan fingerprint density at radius 3 is 2.54 bits per heavy atom. The molecule has 4 aromatic rings. The first-order valence-electron chi connectivity index (χ1n) is 12.7. The van der Waals surface area contributed by atoms with E-state index in [1.165, 1.54) is 0 Å². The van der Waals surface area contributed by atoms with Crippen molar-refractivity contribution in [2.45, 2.75) is 45.1 Å². The molecule has 1 aliphatic heterocycles. The van der Waals surface area contributed by atoms with E-state index in [9.17, 15) is 8.42 Å². The quantitative estimate of drug-likeness (QED) is 0.240. The molecule has 0 fully saturated rings. The highest BCUT2D eigenvalue weighted by Gasteiger charge is 2.24. The van der Waals surface area contributed by atoms with E-state index < -0.39 is 10.0 Å². The number of hydrogen-bond acceptors (Lipinski definition) is 9. The van der Waals surface area contributed by atoms with Crippen LogP contribution in [0.25, 0.3) is 5.69 Å². The van der Waals surface area contributed by atoms with Gasteiger partial charge in [0.05, 0.1) is 29.9 Å². The molecule has 0 spiro atoms. The summed E-state index contributed by atoms with van der Waals surface area (Å²) in [6, 6.07) is 12.3.